The maximum Gasteiger partial charge on any atom is 0.0698 e. The predicted octanol–water partition coefficient (Wildman–Crippen LogP) is 1.20. The van der Waals surface area contributed by atoms with Crippen molar-refractivity contribution in [3.8, 4) is 0 Å². The average Bonchev–Trinajstić information content (AvgIpc) is 2.01. The van der Waals surface area contributed by atoms with Gasteiger partial charge in [0.05, 0.1) is 38.1 Å². The maximum absolute atomic E-state index is 8.09. The molecule has 0 unspecified atom stereocenters. The molecule has 0 fully saturated rings. The van der Waals surface area contributed by atoms with Crippen molar-refractivity contribution >= 4 is 0 Å². The van der Waals surface area contributed by atoms with Crippen LogP contribution in [0.3, 0.4) is 0 Å². The molecule has 0 aromatic heterocycles. The van der Waals surface area contributed by atoms with E-state index < -0.39 is 0 Å². The summed E-state index contributed by atoms with van der Waals surface area (Å²) in [5, 5.41) is 16.2. The van der Waals surface area contributed by atoms with E-state index in [-0.39, 0.29) is 18.8 Å². The summed E-state index contributed by atoms with van der Waals surface area (Å²) in [5.41, 5.74) is 0.0220. The standard InChI is InChI=1S/C7H16O.C4H10O3/c1-6(2)8-7(3,4)5;5-1-3-7-4-2-6/h6H,1-5H3;5-6H,1-4H2. The summed E-state index contributed by atoms with van der Waals surface area (Å²) in [6.45, 7) is 11.0. The number of hydrogen-bond acceptors (Lipinski definition) is 4. The Kier molecular flexibility index (Phi) is 11.9. The topological polar surface area (TPSA) is 58.9 Å². The van der Waals surface area contributed by atoms with Crippen LogP contribution in [0.25, 0.3) is 0 Å². The summed E-state index contributed by atoms with van der Waals surface area (Å²) in [6, 6.07) is 0. The van der Waals surface area contributed by atoms with Crippen LogP contribution >= 0.6 is 0 Å². The number of aliphatic hydroxyl groups is 2. The molecule has 4 nitrogen and oxygen atoms in total. The molecule has 0 aliphatic carbocycles. The molecular weight excluding hydrogens is 196 g/mol. The van der Waals surface area contributed by atoms with Crippen LogP contribution in [-0.2, 0) is 9.47 Å². The van der Waals surface area contributed by atoms with Crippen molar-refractivity contribution in [1.29, 1.82) is 0 Å². The molecule has 0 rings (SSSR count). The molecule has 0 radical (unpaired) electrons. The third kappa shape index (κ3) is 24.8. The van der Waals surface area contributed by atoms with Crippen molar-refractivity contribution in [1.82, 2.24) is 0 Å². The first-order valence-electron chi connectivity index (χ1n) is 5.30. The summed E-state index contributed by atoms with van der Waals surface area (Å²) in [4.78, 5) is 0. The van der Waals surface area contributed by atoms with Gasteiger partial charge in [0.15, 0.2) is 0 Å². The quantitative estimate of drug-likeness (QED) is 0.686. The minimum absolute atomic E-state index is 0.0220. The Morgan fingerprint density at radius 3 is 1.53 bits per heavy atom. The Hall–Kier alpha value is -0.160. The lowest BCUT2D eigenvalue weighted by atomic mass is 10.2. The van der Waals surface area contributed by atoms with E-state index in [9.17, 15) is 0 Å². The first kappa shape index (κ1) is 17.2. The molecule has 2 N–H and O–H groups in total. The molecule has 4 heteroatoms. The summed E-state index contributed by atoms with van der Waals surface area (Å²) in [6.07, 6.45) is 0.343. The largest absolute Gasteiger partial charge is 0.394 e. The van der Waals surface area contributed by atoms with Crippen LogP contribution in [0, 0.1) is 0 Å². The smallest absolute Gasteiger partial charge is 0.0698 e. The third-order valence-electron chi connectivity index (χ3n) is 1.06. The van der Waals surface area contributed by atoms with Gasteiger partial charge in [-0.25, -0.2) is 0 Å². The molecule has 0 aliphatic heterocycles. The van der Waals surface area contributed by atoms with Gasteiger partial charge in [0.1, 0.15) is 0 Å². The maximum atomic E-state index is 8.09. The van der Waals surface area contributed by atoms with Crippen LogP contribution in [0.1, 0.15) is 34.6 Å². The van der Waals surface area contributed by atoms with Crippen LogP contribution in [-0.4, -0.2) is 48.3 Å². The van der Waals surface area contributed by atoms with Crippen LogP contribution in [0.15, 0.2) is 0 Å². The number of aliphatic hydroxyl groups excluding tert-OH is 2. The second-order valence-corrected chi connectivity index (χ2v) is 4.34. The van der Waals surface area contributed by atoms with Crippen molar-refractivity contribution in [3.05, 3.63) is 0 Å². The number of ether oxygens (including phenoxy) is 2. The van der Waals surface area contributed by atoms with Crippen LogP contribution in [0.4, 0.5) is 0 Å². The zero-order chi connectivity index (χ0) is 12.3. The van der Waals surface area contributed by atoms with E-state index in [1.165, 1.54) is 0 Å². The summed E-state index contributed by atoms with van der Waals surface area (Å²) in [7, 11) is 0. The average molecular weight is 222 g/mol. The van der Waals surface area contributed by atoms with Crippen molar-refractivity contribution in [2.75, 3.05) is 26.4 Å². The zero-order valence-electron chi connectivity index (χ0n) is 10.6. The summed E-state index contributed by atoms with van der Waals surface area (Å²) >= 11 is 0. The van der Waals surface area contributed by atoms with E-state index in [1.807, 2.05) is 13.8 Å². The number of hydrogen-bond donors (Lipinski definition) is 2. The Morgan fingerprint density at radius 2 is 1.40 bits per heavy atom. The second-order valence-electron chi connectivity index (χ2n) is 4.34. The van der Waals surface area contributed by atoms with Gasteiger partial charge in [-0.05, 0) is 34.6 Å². The predicted molar refractivity (Wildman–Crippen MR) is 61.0 cm³/mol. The highest BCUT2D eigenvalue weighted by molar-refractivity contribution is 4.59. The summed E-state index contributed by atoms with van der Waals surface area (Å²) in [5.74, 6) is 0. The van der Waals surface area contributed by atoms with Crippen LogP contribution in [0.2, 0.25) is 0 Å². The molecular formula is C11H26O4. The van der Waals surface area contributed by atoms with E-state index >= 15 is 0 Å². The lowest BCUT2D eigenvalue weighted by Gasteiger charge is -2.22. The molecule has 0 bridgehead atoms. The van der Waals surface area contributed by atoms with Gasteiger partial charge in [-0.3, -0.25) is 0 Å². The SMILES string of the molecule is CC(C)OC(C)(C)C.OCCOCCO. The molecule has 0 aliphatic rings. The highest BCUT2D eigenvalue weighted by Gasteiger charge is 2.10. The van der Waals surface area contributed by atoms with Gasteiger partial charge in [-0.1, -0.05) is 0 Å². The van der Waals surface area contributed by atoms with E-state index in [4.69, 9.17) is 14.9 Å². The Labute approximate surface area is 93.2 Å². The number of rotatable bonds is 5. The molecule has 0 aromatic carbocycles. The monoisotopic (exact) mass is 222 g/mol. The molecule has 94 valence electrons. The summed E-state index contributed by atoms with van der Waals surface area (Å²) < 4.78 is 10.1. The Balaban J connectivity index is 0. The van der Waals surface area contributed by atoms with Crippen LogP contribution in [0.5, 0.6) is 0 Å². The zero-order valence-corrected chi connectivity index (χ0v) is 10.6. The molecule has 0 atom stereocenters. The fourth-order valence-electron chi connectivity index (χ4n) is 0.938. The first-order valence-corrected chi connectivity index (χ1v) is 5.30. The van der Waals surface area contributed by atoms with Gasteiger partial charge in [0.25, 0.3) is 0 Å². The Morgan fingerprint density at radius 1 is 1.00 bits per heavy atom. The third-order valence-corrected chi connectivity index (χ3v) is 1.06. The minimum Gasteiger partial charge on any atom is -0.394 e. The van der Waals surface area contributed by atoms with Gasteiger partial charge in [0, 0.05) is 0 Å². The van der Waals surface area contributed by atoms with Gasteiger partial charge in [-0.15, -0.1) is 0 Å². The van der Waals surface area contributed by atoms with E-state index in [2.05, 4.69) is 25.5 Å². The normalized spacial score (nSPS) is 11.2. The second kappa shape index (κ2) is 10.4. The highest BCUT2D eigenvalue weighted by Crippen LogP contribution is 2.09. The van der Waals surface area contributed by atoms with Gasteiger partial charge in [0.2, 0.25) is 0 Å². The molecule has 0 saturated heterocycles. The fraction of sp³-hybridized carbons (Fsp3) is 1.00. The minimum atomic E-state index is 0.0220. The first-order chi connectivity index (χ1) is 6.83. The van der Waals surface area contributed by atoms with E-state index in [0.717, 1.165) is 0 Å². The van der Waals surface area contributed by atoms with Crippen molar-refractivity contribution < 1.29 is 19.7 Å². The van der Waals surface area contributed by atoms with Crippen molar-refractivity contribution in [3.63, 3.8) is 0 Å². The highest BCUT2D eigenvalue weighted by atomic mass is 16.5. The lowest BCUT2D eigenvalue weighted by molar-refractivity contribution is -0.0424. The molecule has 0 amide bonds. The van der Waals surface area contributed by atoms with Gasteiger partial charge < -0.3 is 19.7 Å². The molecule has 0 aromatic rings. The van der Waals surface area contributed by atoms with E-state index in [1.54, 1.807) is 0 Å². The van der Waals surface area contributed by atoms with Crippen LogP contribution < -0.4 is 0 Å². The van der Waals surface area contributed by atoms with E-state index in [0.29, 0.717) is 19.3 Å². The van der Waals surface area contributed by atoms with Crippen molar-refractivity contribution in [2.24, 2.45) is 0 Å². The molecule has 0 saturated carbocycles. The Bertz CT molecular complexity index is 114. The van der Waals surface area contributed by atoms with Gasteiger partial charge in [-0.2, -0.15) is 0 Å². The van der Waals surface area contributed by atoms with Gasteiger partial charge >= 0.3 is 0 Å². The fourth-order valence-corrected chi connectivity index (χ4v) is 0.938. The molecule has 15 heavy (non-hydrogen) atoms. The lowest BCUT2D eigenvalue weighted by Crippen LogP contribution is -2.23. The molecule has 0 heterocycles. The molecule has 0 spiro atoms. The van der Waals surface area contributed by atoms with Crippen molar-refractivity contribution in [2.45, 2.75) is 46.3 Å².